The SMILES string of the molecule is CC(c1ccc(O)cc1O)c1c(O)c(O)c(O)c2c(=O)cc(-c3ccccc3)oc12. The first-order valence-electron chi connectivity index (χ1n) is 9.11. The number of fused-ring (bicyclic) bond motifs is 1. The summed E-state index contributed by atoms with van der Waals surface area (Å²) in [6, 6.07) is 13.9. The van der Waals surface area contributed by atoms with Gasteiger partial charge in [-0.3, -0.25) is 4.79 Å². The normalized spacial score (nSPS) is 12.2. The number of rotatable bonds is 3. The van der Waals surface area contributed by atoms with Crippen LogP contribution in [-0.4, -0.2) is 25.5 Å². The minimum absolute atomic E-state index is 0.0103. The van der Waals surface area contributed by atoms with Crippen LogP contribution < -0.4 is 5.43 Å². The number of benzene rings is 3. The van der Waals surface area contributed by atoms with Crippen LogP contribution in [0, 0.1) is 0 Å². The molecule has 1 heterocycles. The Labute approximate surface area is 170 Å². The number of phenolic OH excluding ortho intramolecular Hbond substituents is 5. The molecule has 0 spiro atoms. The van der Waals surface area contributed by atoms with Crippen molar-refractivity contribution in [3.05, 3.63) is 75.9 Å². The summed E-state index contributed by atoms with van der Waals surface area (Å²) in [5.41, 5.74) is 0.202. The van der Waals surface area contributed by atoms with Gasteiger partial charge in [0.15, 0.2) is 16.9 Å². The Bertz CT molecular complexity index is 1320. The average Bonchev–Trinajstić information content (AvgIpc) is 2.72. The van der Waals surface area contributed by atoms with Crippen molar-refractivity contribution in [2.45, 2.75) is 12.8 Å². The van der Waals surface area contributed by atoms with Crippen LogP contribution in [0.25, 0.3) is 22.3 Å². The molecule has 1 atom stereocenters. The number of hydrogen-bond acceptors (Lipinski definition) is 7. The summed E-state index contributed by atoms with van der Waals surface area (Å²) in [6.45, 7) is 1.62. The van der Waals surface area contributed by atoms with Crippen molar-refractivity contribution in [2.24, 2.45) is 0 Å². The van der Waals surface area contributed by atoms with Gasteiger partial charge in [-0.05, 0) is 6.07 Å². The fourth-order valence-electron chi connectivity index (χ4n) is 3.57. The van der Waals surface area contributed by atoms with E-state index in [4.69, 9.17) is 4.42 Å². The molecule has 0 aliphatic carbocycles. The summed E-state index contributed by atoms with van der Waals surface area (Å²) >= 11 is 0. The molecule has 7 heteroatoms. The second kappa shape index (κ2) is 7.04. The molecule has 0 amide bonds. The molecular formula is C23H18O7. The van der Waals surface area contributed by atoms with Gasteiger partial charge in [0.25, 0.3) is 0 Å². The van der Waals surface area contributed by atoms with Crippen LogP contribution in [0.4, 0.5) is 0 Å². The first-order valence-corrected chi connectivity index (χ1v) is 9.11. The van der Waals surface area contributed by atoms with Crippen LogP contribution in [0.2, 0.25) is 0 Å². The third-order valence-corrected chi connectivity index (χ3v) is 5.10. The summed E-state index contributed by atoms with van der Waals surface area (Å²) < 4.78 is 5.92. The van der Waals surface area contributed by atoms with Gasteiger partial charge in [0.2, 0.25) is 5.75 Å². The van der Waals surface area contributed by atoms with E-state index in [0.29, 0.717) is 11.1 Å². The Morgan fingerprint density at radius 1 is 0.833 bits per heavy atom. The zero-order chi connectivity index (χ0) is 21.6. The molecule has 3 aromatic carbocycles. The Morgan fingerprint density at radius 3 is 2.20 bits per heavy atom. The molecule has 0 radical (unpaired) electrons. The number of aromatic hydroxyl groups is 5. The quantitative estimate of drug-likeness (QED) is 0.323. The third kappa shape index (κ3) is 2.97. The maximum atomic E-state index is 12.8. The highest BCUT2D eigenvalue weighted by Crippen LogP contribution is 2.49. The second-order valence-corrected chi connectivity index (χ2v) is 6.97. The lowest BCUT2D eigenvalue weighted by Gasteiger charge is -2.19. The van der Waals surface area contributed by atoms with Crippen molar-refractivity contribution < 1.29 is 29.9 Å². The lowest BCUT2D eigenvalue weighted by atomic mass is 9.89. The number of hydrogen-bond donors (Lipinski definition) is 5. The van der Waals surface area contributed by atoms with Crippen molar-refractivity contribution >= 4 is 11.0 Å². The highest BCUT2D eigenvalue weighted by molar-refractivity contribution is 5.93. The molecule has 0 saturated carbocycles. The van der Waals surface area contributed by atoms with Gasteiger partial charge in [-0.2, -0.15) is 0 Å². The van der Waals surface area contributed by atoms with Gasteiger partial charge in [-0.25, -0.2) is 0 Å². The molecule has 4 aromatic rings. The largest absolute Gasteiger partial charge is 0.508 e. The van der Waals surface area contributed by atoms with Crippen LogP contribution in [0.15, 0.2) is 63.8 Å². The Balaban J connectivity index is 2.07. The summed E-state index contributed by atoms with van der Waals surface area (Å²) in [7, 11) is 0. The van der Waals surface area contributed by atoms with E-state index in [9.17, 15) is 30.3 Å². The Hall–Kier alpha value is -4.13. The van der Waals surface area contributed by atoms with E-state index in [-0.39, 0.29) is 33.8 Å². The zero-order valence-electron chi connectivity index (χ0n) is 15.8. The summed E-state index contributed by atoms with van der Waals surface area (Å²) in [6.07, 6.45) is 0. The molecular weight excluding hydrogens is 388 g/mol. The van der Waals surface area contributed by atoms with Gasteiger partial charge in [0.05, 0.1) is 0 Å². The summed E-state index contributed by atoms with van der Waals surface area (Å²) in [5, 5.41) is 50.6. The van der Waals surface area contributed by atoms with Crippen LogP contribution in [0.3, 0.4) is 0 Å². The van der Waals surface area contributed by atoms with E-state index >= 15 is 0 Å². The minimum Gasteiger partial charge on any atom is -0.508 e. The van der Waals surface area contributed by atoms with Crippen LogP contribution >= 0.6 is 0 Å². The van der Waals surface area contributed by atoms with Gasteiger partial charge in [0.1, 0.15) is 28.2 Å². The highest BCUT2D eigenvalue weighted by Gasteiger charge is 2.28. The summed E-state index contributed by atoms with van der Waals surface area (Å²) in [4.78, 5) is 12.8. The fraction of sp³-hybridized carbons (Fsp3) is 0.0870. The second-order valence-electron chi connectivity index (χ2n) is 6.97. The van der Waals surface area contributed by atoms with Gasteiger partial charge >= 0.3 is 0 Å². The van der Waals surface area contributed by atoms with Crippen molar-refractivity contribution in [2.75, 3.05) is 0 Å². The minimum atomic E-state index is -0.859. The molecule has 30 heavy (non-hydrogen) atoms. The van der Waals surface area contributed by atoms with Crippen molar-refractivity contribution in [1.82, 2.24) is 0 Å². The predicted octanol–water partition coefficient (Wildman–Crippen LogP) is 4.14. The van der Waals surface area contributed by atoms with E-state index in [1.54, 1.807) is 37.3 Å². The fourth-order valence-corrected chi connectivity index (χ4v) is 3.57. The topological polar surface area (TPSA) is 131 Å². The molecule has 4 rings (SSSR count). The number of phenols is 5. The molecule has 5 N–H and O–H groups in total. The molecule has 0 aliphatic heterocycles. The van der Waals surface area contributed by atoms with E-state index in [1.807, 2.05) is 0 Å². The summed E-state index contributed by atoms with van der Waals surface area (Å²) in [5.74, 6) is -3.28. The van der Waals surface area contributed by atoms with Gasteiger partial charge in [-0.1, -0.05) is 43.3 Å². The van der Waals surface area contributed by atoms with Crippen LogP contribution in [0.1, 0.15) is 24.0 Å². The molecule has 0 bridgehead atoms. The van der Waals surface area contributed by atoms with E-state index in [0.717, 1.165) is 6.07 Å². The first-order chi connectivity index (χ1) is 14.3. The molecule has 0 fully saturated rings. The standard InChI is InChI=1S/C23H18O7/c1-11(14-8-7-13(24)9-15(14)25)18-20(27)22(29)21(28)19-16(26)10-17(30-23(18)19)12-5-3-2-4-6-12/h2-11,24-25,27-29H,1H3. The van der Waals surface area contributed by atoms with Crippen molar-refractivity contribution in [3.8, 4) is 40.1 Å². The Kier molecular flexibility index (Phi) is 4.50. The molecule has 1 aromatic heterocycles. The average molecular weight is 406 g/mol. The highest BCUT2D eigenvalue weighted by atomic mass is 16.3. The van der Waals surface area contributed by atoms with Crippen LogP contribution in [0.5, 0.6) is 28.7 Å². The van der Waals surface area contributed by atoms with E-state index in [2.05, 4.69) is 0 Å². The van der Waals surface area contributed by atoms with Gasteiger partial charge in [-0.15, -0.1) is 0 Å². The van der Waals surface area contributed by atoms with Crippen molar-refractivity contribution in [1.29, 1.82) is 0 Å². The zero-order valence-corrected chi connectivity index (χ0v) is 15.8. The van der Waals surface area contributed by atoms with E-state index < -0.39 is 28.6 Å². The molecule has 7 nitrogen and oxygen atoms in total. The monoisotopic (exact) mass is 406 g/mol. The van der Waals surface area contributed by atoms with Gasteiger partial charge in [0, 0.05) is 34.7 Å². The maximum Gasteiger partial charge on any atom is 0.201 e. The van der Waals surface area contributed by atoms with E-state index in [1.165, 1.54) is 18.2 Å². The van der Waals surface area contributed by atoms with Gasteiger partial charge < -0.3 is 29.9 Å². The predicted molar refractivity (Wildman–Crippen MR) is 110 cm³/mol. The molecule has 152 valence electrons. The lowest BCUT2D eigenvalue weighted by molar-refractivity contribution is 0.366. The first kappa shape index (κ1) is 19.2. The molecule has 0 aliphatic rings. The Morgan fingerprint density at radius 2 is 1.53 bits per heavy atom. The maximum absolute atomic E-state index is 12.8. The molecule has 1 unspecified atom stereocenters. The molecule has 0 saturated heterocycles. The smallest absolute Gasteiger partial charge is 0.201 e. The van der Waals surface area contributed by atoms with Crippen LogP contribution in [-0.2, 0) is 0 Å². The van der Waals surface area contributed by atoms with Crippen molar-refractivity contribution in [3.63, 3.8) is 0 Å². The lowest BCUT2D eigenvalue weighted by Crippen LogP contribution is -2.06. The third-order valence-electron chi connectivity index (χ3n) is 5.10.